The third kappa shape index (κ3) is 3.31. The van der Waals surface area contributed by atoms with E-state index in [0.29, 0.717) is 6.61 Å². The summed E-state index contributed by atoms with van der Waals surface area (Å²) in [4.78, 5) is 4.65. The van der Waals surface area contributed by atoms with E-state index in [2.05, 4.69) is 35.5 Å². The lowest BCUT2D eigenvalue weighted by molar-refractivity contribution is 0.307. The number of thiazole rings is 1. The fraction of sp³-hybridized carbons (Fsp3) is 0.167. The van der Waals surface area contributed by atoms with Gasteiger partial charge in [0.25, 0.3) is 0 Å². The molecule has 0 atom stereocenters. The minimum atomic E-state index is 0.573. The van der Waals surface area contributed by atoms with Gasteiger partial charge in [0.1, 0.15) is 17.4 Å². The van der Waals surface area contributed by atoms with Gasteiger partial charge in [0, 0.05) is 5.38 Å². The van der Waals surface area contributed by atoms with Crippen LogP contribution in [0.3, 0.4) is 0 Å². The second-order valence-corrected chi connectivity index (χ2v) is 5.63. The predicted octanol–water partition coefficient (Wildman–Crippen LogP) is 4.95. The number of hydrogen-bond donors (Lipinski definition) is 0. The molecule has 0 fully saturated rings. The van der Waals surface area contributed by atoms with Crippen molar-refractivity contribution in [2.45, 2.75) is 20.0 Å². The third-order valence-electron chi connectivity index (χ3n) is 3.27. The summed E-state index contributed by atoms with van der Waals surface area (Å²) in [6.45, 7) is 2.69. The molecule has 2 nitrogen and oxygen atoms in total. The summed E-state index contributed by atoms with van der Waals surface area (Å²) in [5.74, 6) is 0.887. The highest BCUT2D eigenvalue weighted by Crippen LogP contribution is 2.32. The third-order valence-corrected chi connectivity index (χ3v) is 4.19. The summed E-state index contributed by atoms with van der Waals surface area (Å²) < 4.78 is 5.99. The highest BCUT2D eigenvalue weighted by molar-refractivity contribution is 7.13. The molecule has 1 heterocycles. The Labute approximate surface area is 129 Å². The lowest BCUT2D eigenvalue weighted by Crippen LogP contribution is -1.96. The molecule has 3 aromatic rings. The number of aryl methyl sites for hydroxylation is 1. The van der Waals surface area contributed by atoms with Crippen molar-refractivity contribution in [3.63, 3.8) is 0 Å². The summed E-state index contributed by atoms with van der Waals surface area (Å²) in [5, 5.41) is 3.14. The molecule has 0 aliphatic heterocycles. The highest BCUT2D eigenvalue weighted by atomic mass is 32.1. The molecule has 0 saturated heterocycles. The van der Waals surface area contributed by atoms with Gasteiger partial charge < -0.3 is 4.74 Å². The summed E-state index contributed by atoms with van der Waals surface area (Å²) >= 11 is 1.67. The molecule has 21 heavy (non-hydrogen) atoms. The lowest BCUT2D eigenvalue weighted by atomic mass is 10.2. The molecule has 0 bridgehead atoms. The van der Waals surface area contributed by atoms with E-state index in [1.54, 1.807) is 11.3 Å². The first-order chi connectivity index (χ1) is 10.4. The van der Waals surface area contributed by atoms with Gasteiger partial charge in [0.05, 0.1) is 11.3 Å². The molecular formula is C18H17NOS. The molecule has 2 aromatic carbocycles. The van der Waals surface area contributed by atoms with Crippen molar-refractivity contribution in [2.75, 3.05) is 0 Å². The molecule has 0 unspecified atom stereocenters. The number of hydrogen-bond acceptors (Lipinski definition) is 3. The number of nitrogens with zero attached hydrogens (tertiary/aromatic N) is 1. The van der Waals surface area contributed by atoms with Crippen molar-refractivity contribution in [2.24, 2.45) is 0 Å². The average Bonchev–Trinajstić information content (AvgIpc) is 3.03. The van der Waals surface area contributed by atoms with Gasteiger partial charge in [0.2, 0.25) is 0 Å². The first-order valence-corrected chi connectivity index (χ1v) is 7.95. The van der Waals surface area contributed by atoms with Gasteiger partial charge in [-0.2, -0.15) is 0 Å². The standard InChI is InChI=1S/C18H17NOS/c1-2-15-13-21-18(19-15)16-10-6-7-11-17(16)20-12-14-8-4-3-5-9-14/h3-11,13H,2,12H2,1H3. The maximum atomic E-state index is 5.99. The van der Waals surface area contributed by atoms with Gasteiger partial charge in [-0.15, -0.1) is 11.3 Å². The van der Waals surface area contributed by atoms with Crippen LogP contribution in [0.25, 0.3) is 10.6 Å². The Hall–Kier alpha value is -2.13. The monoisotopic (exact) mass is 295 g/mol. The van der Waals surface area contributed by atoms with Crippen LogP contribution >= 0.6 is 11.3 Å². The molecule has 0 spiro atoms. The molecule has 1 aromatic heterocycles. The van der Waals surface area contributed by atoms with Crippen molar-refractivity contribution in [3.8, 4) is 16.3 Å². The fourth-order valence-corrected chi connectivity index (χ4v) is 3.03. The summed E-state index contributed by atoms with van der Waals surface area (Å²) in [6, 6.07) is 18.3. The van der Waals surface area contributed by atoms with Crippen molar-refractivity contribution in [1.29, 1.82) is 0 Å². The SMILES string of the molecule is CCc1csc(-c2ccccc2OCc2ccccc2)n1. The zero-order valence-electron chi connectivity index (χ0n) is 12.0. The maximum absolute atomic E-state index is 5.99. The number of ether oxygens (including phenoxy) is 1. The van der Waals surface area contributed by atoms with Crippen LogP contribution in [0.2, 0.25) is 0 Å². The van der Waals surface area contributed by atoms with Crippen LogP contribution in [-0.2, 0) is 13.0 Å². The van der Waals surface area contributed by atoms with E-state index in [9.17, 15) is 0 Å². The molecule has 0 radical (unpaired) electrons. The number of rotatable bonds is 5. The zero-order valence-corrected chi connectivity index (χ0v) is 12.8. The second-order valence-electron chi connectivity index (χ2n) is 4.77. The fourth-order valence-electron chi connectivity index (χ4n) is 2.10. The minimum Gasteiger partial charge on any atom is -0.488 e. The van der Waals surface area contributed by atoms with Crippen LogP contribution < -0.4 is 4.74 Å². The van der Waals surface area contributed by atoms with Crippen LogP contribution in [0.1, 0.15) is 18.2 Å². The molecular weight excluding hydrogens is 278 g/mol. The molecule has 0 amide bonds. The Morgan fingerprint density at radius 3 is 2.52 bits per heavy atom. The largest absolute Gasteiger partial charge is 0.488 e. The van der Waals surface area contributed by atoms with E-state index >= 15 is 0 Å². The Bertz CT molecular complexity index is 706. The molecule has 0 aliphatic carbocycles. The van der Waals surface area contributed by atoms with Crippen LogP contribution in [0, 0.1) is 0 Å². The van der Waals surface area contributed by atoms with Crippen LogP contribution in [-0.4, -0.2) is 4.98 Å². The molecule has 106 valence electrons. The Morgan fingerprint density at radius 2 is 1.76 bits per heavy atom. The number of para-hydroxylation sites is 1. The van der Waals surface area contributed by atoms with Gasteiger partial charge in [0.15, 0.2) is 0 Å². The smallest absolute Gasteiger partial charge is 0.130 e. The van der Waals surface area contributed by atoms with E-state index in [0.717, 1.165) is 28.4 Å². The van der Waals surface area contributed by atoms with Gasteiger partial charge in [-0.25, -0.2) is 4.98 Å². The van der Waals surface area contributed by atoms with E-state index in [-0.39, 0.29) is 0 Å². The van der Waals surface area contributed by atoms with E-state index in [1.807, 2.05) is 36.4 Å². The Kier molecular flexibility index (Phi) is 4.31. The minimum absolute atomic E-state index is 0.573. The maximum Gasteiger partial charge on any atom is 0.130 e. The van der Waals surface area contributed by atoms with Crippen LogP contribution in [0.5, 0.6) is 5.75 Å². The summed E-state index contributed by atoms with van der Waals surface area (Å²) in [7, 11) is 0. The van der Waals surface area contributed by atoms with E-state index < -0.39 is 0 Å². The predicted molar refractivity (Wildman–Crippen MR) is 87.7 cm³/mol. The molecule has 3 rings (SSSR count). The van der Waals surface area contributed by atoms with Crippen molar-refractivity contribution >= 4 is 11.3 Å². The highest BCUT2D eigenvalue weighted by Gasteiger charge is 2.10. The molecule has 3 heteroatoms. The number of aromatic nitrogens is 1. The van der Waals surface area contributed by atoms with Gasteiger partial charge in [-0.3, -0.25) is 0 Å². The van der Waals surface area contributed by atoms with Gasteiger partial charge in [-0.05, 0) is 24.1 Å². The van der Waals surface area contributed by atoms with Crippen molar-refractivity contribution in [1.82, 2.24) is 4.98 Å². The Balaban J connectivity index is 1.82. The quantitative estimate of drug-likeness (QED) is 0.664. The lowest BCUT2D eigenvalue weighted by Gasteiger charge is -2.10. The topological polar surface area (TPSA) is 22.1 Å². The molecule has 0 aliphatic rings. The number of benzene rings is 2. The zero-order chi connectivity index (χ0) is 14.5. The Morgan fingerprint density at radius 1 is 1.00 bits per heavy atom. The normalized spacial score (nSPS) is 10.5. The van der Waals surface area contributed by atoms with Gasteiger partial charge in [-0.1, -0.05) is 49.4 Å². The van der Waals surface area contributed by atoms with E-state index in [4.69, 9.17) is 4.74 Å². The first-order valence-electron chi connectivity index (χ1n) is 7.07. The second kappa shape index (κ2) is 6.55. The van der Waals surface area contributed by atoms with Gasteiger partial charge >= 0.3 is 0 Å². The van der Waals surface area contributed by atoms with Crippen molar-refractivity contribution in [3.05, 3.63) is 71.2 Å². The van der Waals surface area contributed by atoms with Crippen molar-refractivity contribution < 1.29 is 4.74 Å². The molecule has 0 saturated carbocycles. The molecule has 0 N–H and O–H groups in total. The average molecular weight is 295 g/mol. The van der Waals surface area contributed by atoms with Crippen LogP contribution in [0.4, 0.5) is 0 Å². The summed E-state index contributed by atoms with van der Waals surface area (Å²) in [6.07, 6.45) is 0.962. The first kappa shape index (κ1) is 13.8. The van der Waals surface area contributed by atoms with E-state index in [1.165, 1.54) is 5.56 Å². The van der Waals surface area contributed by atoms with Crippen LogP contribution in [0.15, 0.2) is 60.0 Å². The summed E-state index contributed by atoms with van der Waals surface area (Å²) in [5.41, 5.74) is 3.37.